The third-order valence-electron chi connectivity index (χ3n) is 4.78. The van der Waals surface area contributed by atoms with Gasteiger partial charge < -0.3 is 10.6 Å². The van der Waals surface area contributed by atoms with Gasteiger partial charge >= 0.3 is 0 Å². The average Bonchev–Trinajstić information content (AvgIpc) is 2.52. The topological polar surface area (TPSA) is 46.3 Å². The van der Waals surface area contributed by atoms with E-state index in [1.54, 1.807) is 0 Å². The molecule has 116 valence electrons. The fourth-order valence-corrected chi connectivity index (χ4v) is 3.43. The zero-order valence-corrected chi connectivity index (χ0v) is 13.4. The molecule has 1 aromatic rings. The van der Waals surface area contributed by atoms with Crippen molar-refractivity contribution in [2.24, 2.45) is 11.1 Å². The van der Waals surface area contributed by atoms with E-state index in [1.807, 2.05) is 4.90 Å². The van der Waals surface area contributed by atoms with Crippen LogP contribution in [0.15, 0.2) is 24.3 Å². The van der Waals surface area contributed by atoms with E-state index < -0.39 is 0 Å². The number of hydrogen-bond donors (Lipinski definition) is 1. The molecule has 21 heavy (non-hydrogen) atoms. The van der Waals surface area contributed by atoms with Crippen molar-refractivity contribution in [1.82, 2.24) is 4.90 Å². The van der Waals surface area contributed by atoms with Gasteiger partial charge in [-0.05, 0) is 32.3 Å². The Bertz CT molecular complexity index is 478. The van der Waals surface area contributed by atoms with E-state index in [-0.39, 0.29) is 11.3 Å². The molecule has 3 heteroatoms. The van der Waals surface area contributed by atoms with Crippen molar-refractivity contribution in [3.63, 3.8) is 0 Å². The van der Waals surface area contributed by atoms with E-state index in [4.69, 9.17) is 5.73 Å². The number of nitrogens with zero attached hydrogens (tertiary/aromatic N) is 1. The Morgan fingerprint density at radius 2 is 2.00 bits per heavy atom. The molecule has 0 aliphatic heterocycles. The molecule has 0 heterocycles. The molecular weight excluding hydrogens is 260 g/mol. The molecule has 0 atom stereocenters. The second-order valence-electron chi connectivity index (χ2n) is 6.35. The molecule has 0 bridgehead atoms. The summed E-state index contributed by atoms with van der Waals surface area (Å²) < 4.78 is 0. The number of hydrogen-bond acceptors (Lipinski definition) is 2. The van der Waals surface area contributed by atoms with Crippen molar-refractivity contribution in [2.75, 3.05) is 13.1 Å². The van der Waals surface area contributed by atoms with E-state index in [0.29, 0.717) is 13.1 Å². The lowest BCUT2D eigenvalue weighted by molar-refractivity contribution is -0.144. The van der Waals surface area contributed by atoms with Gasteiger partial charge in [0.1, 0.15) is 0 Å². The van der Waals surface area contributed by atoms with Crippen molar-refractivity contribution >= 4 is 5.91 Å². The van der Waals surface area contributed by atoms with Gasteiger partial charge in [-0.3, -0.25) is 4.79 Å². The summed E-state index contributed by atoms with van der Waals surface area (Å²) in [5.41, 5.74) is 8.13. The molecule has 0 spiro atoms. The summed E-state index contributed by atoms with van der Waals surface area (Å²) in [5.74, 6) is 0.258. The maximum absolute atomic E-state index is 13.0. The van der Waals surface area contributed by atoms with Crippen LogP contribution < -0.4 is 5.73 Å². The number of nitrogens with two attached hydrogens (primary N) is 1. The first-order valence-electron chi connectivity index (χ1n) is 8.16. The van der Waals surface area contributed by atoms with E-state index in [2.05, 4.69) is 38.1 Å². The number of benzene rings is 1. The van der Waals surface area contributed by atoms with Gasteiger partial charge in [0.2, 0.25) is 5.91 Å². The average molecular weight is 288 g/mol. The van der Waals surface area contributed by atoms with Gasteiger partial charge in [0.05, 0.1) is 5.41 Å². The van der Waals surface area contributed by atoms with Crippen molar-refractivity contribution in [3.8, 4) is 0 Å². The van der Waals surface area contributed by atoms with Gasteiger partial charge in [-0.25, -0.2) is 0 Å². The maximum Gasteiger partial charge on any atom is 0.230 e. The van der Waals surface area contributed by atoms with Crippen LogP contribution in [-0.2, 0) is 11.3 Å². The summed E-state index contributed by atoms with van der Waals surface area (Å²) in [6.45, 7) is 6.06. The van der Waals surface area contributed by atoms with E-state index in [1.165, 1.54) is 17.5 Å². The Kier molecular flexibility index (Phi) is 5.40. The number of aryl methyl sites for hydroxylation is 1. The van der Waals surface area contributed by atoms with Crippen molar-refractivity contribution in [3.05, 3.63) is 35.4 Å². The normalized spacial score (nSPS) is 17.5. The number of carbonyl (C=O) groups excluding carboxylic acids is 1. The first-order chi connectivity index (χ1) is 10.1. The second-order valence-corrected chi connectivity index (χ2v) is 6.35. The molecule has 0 aromatic heterocycles. The zero-order chi connectivity index (χ0) is 15.3. The van der Waals surface area contributed by atoms with Gasteiger partial charge in [0, 0.05) is 19.6 Å². The smallest absolute Gasteiger partial charge is 0.230 e. The summed E-state index contributed by atoms with van der Waals surface area (Å²) >= 11 is 0. The molecule has 0 unspecified atom stereocenters. The third kappa shape index (κ3) is 3.65. The minimum Gasteiger partial charge on any atom is -0.338 e. The van der Waals surface area contributed by atoms with Crippen LogP contribution in [0.3, 0.4) is 0 Å². The largest absolute Gasteiger partial charge is 0.338 e. The van der Waals surface area contributed by atoms with Gasteiger partial charge in [-0.1, -0.05) is 49.1 Å². The van der Waals surface area contributed by atoms with Gasteiger partial charge in [0.25, 0.3) is 0 Å². The van der Waals surface area contributed by atoms with Gasteiger partial charge in [-0.2, -0.15) is 0 Å². The predicted molar refractivity (Wildman–Crippen MR) is 86.8 cm³/mol. The fraction of sp³-hybridized carbons (Fsp3) is 0.611. The quantitative estimate of drug-likeness (QED) is 0.904. The third-order valence-corrected chi connectivity index (χ3v) is 4.78. The van der Waals surface area contributed by atoms with Crippen LogP contribution in [0.25, 0.3) is 0 Å². The van der Waals surface area contributed by atoms with E-state index in [9.17, 15) is 4.79 Å². The highest BCUT2D eigenvalue weighted by atomic mass is 16.2. The Labute approximate surface area is 128 Å². The maximum atomic E-state index is 13.0. The molecule has 0 saturated heterocycles. The summed E-state index contributed by atoms with van der Waals surface area (Å²) in [6, 6.07) is 8.40. The van der Waals surface area contributed by atoms with Gasteiger partial charge in [0.15, 0.2) is 0 Å². The van der Waals surface area contributed by atoms with Crippen LogP contribution in [0.1, 0.15) is 50.2 Å². The second kappa shape index (κ2) is 7.08. The van der Waals surface area contributed by atoms with Crippen LogP contribution in [0.2, 0.25) is 0 Å². The number of carbonyl (C=O) groups is 1. The lowest BCUT2D eigenvalue weighted by Gasteiger charge is -2.39. The lowest BCUT2D eigenvalue weighted by atomic mass is 9.73. The minimum atomic E-state index is -0.307. The first-order valence-corrected chi connectivity index (χ1v) is 8.16. The number of amides is 1. The highest BCUT2D eigenvalue weighted by Gasteiger charge is 2.40. The zero-order valence-electron chi connectivity index (χ0n) is 13.4. The van der Waals surface area contributed by atoms with Crippen LogP contribution in [0, 0.1) is 12.3 Å². The van der Waals surface area contributed by atoms with Crippen LogP contribution in [-0.4, -0.2) is 23.9 Å². The van der Waals surface area contributed by atoms with Crippen molar-refractivity contribution in [1.29, 1.82) is 0 Å². The van der Waals surface area contributed by atoms with Crippen molar-refractivity contribution in [2.45, 2.75) is 52.5 Å². The summed E-state index contributed by atoms with van der Waals surface area (Å²) in [4.78, 5) is 15.0. The monoisotopic (exact) mass is 288 g/mol. The SMILES string of the molecule is CCN(Cc1cccc(C)c1)C(=O)C1(CN)CCCCC1. The minimum absolute atomic E-state index is 0.258. The molecule has 3 nitrogen and oxygen atoms in total. The molecular formula is C18H28N2O. The Balaban J connectivity index is 2.14. The first kappa shape index (κ1) is 16.0. The van der Waals surface area contributed by atoms with Crippen LogP contribution >= 0.6 is 0 Å². The van der Waals surface area contributed by atoms with Crippen molar-refractivity contribution < 1.29 is 4.79 Å². The van der Waals surface area contributed by atoms with Crippen LogP contribution in [0.5, 0.6) is 0 Å². The van der Waals surface area contributed by atoms with E-state index >= 15 is 0 Å². The molecule has 1 saturated carbocycles. The van der Waals surface area contributed by atoms with Crippen LogP contribution in [0.4, 0.5) is 0 Å². The highest BCUT2D eigenvalue weighted by Crippen LogP contribution is 2.37. The fourth-order valence-electron chi connectivity index (χ4n) is 3.43. The summed E-state index contributed by atoms with van der Waals surface area (Å²) in [6.07, 6.45) is 5.40. The standard InChI is InChI=1S/C18H28N2O/c1-3-20(13-16-9-7-8-15(2)12-16)17(21)18(14-19)10-5-4-6-11-18/h7-9,12H,3-6,10-11,13-14,19H2,1-2H3. The molecule has 1 aliphatic rings. The Morgan fingerprint density at radius 3 is 2.57 bits per heavy atom. The molecule has 2 N–H and O–H groups in total. The van der Waals surface area contributed by atoms with E-state index in [0.717, 1.165) is 32.2 Å². The Morgan fingerprint density at radius 1 is 1.29 bits per heavy atom. The predicted octanol–water partition coefficient (Wildman–Crippen LogP) is 3.25. The summed E-state index contributed by atoms with van der Waals surface area (Å²) in [5, 5.41) is 0. The molecule has 2 rings (SSSR count). The highest BCUT2D eigenvalue weighted by molar-refractivity contribution is 5.83. The Hall–Kier alpha value is -1.35. The summed E-state index contributed by atoms with van der Waals surface area (Å²) in [7, 11) is 0. The molecule has 1 aromatic carbocycles. The molecule has 1 amide bonds. The molecule has 0 radical (unpaired) electrons. The molecule has 1 fully saturated rings. The molecule has 1 aliphatic carbocycles. The van der Waals surface area contributed by atoms with Gasteiger partial charge in [-0.15, -0.1) is 0 Å². The number of rotatable bonds is 5. The lowest BCUT2D eigenvalue weighted by Crippen LogP contribution is -2.48.